The number of anilines is 1. The molecule has 0 unspecified atom stereocenters. The highest BCUT2D eigenvalue weighted by atomic mass is 32.2. The third-order valence-electron chi connectivity index (χ3n) is 4.54. The van der Waals surface area contributed by atoms with E-state index in [2.05, 4.69) is 10.6 Å². The summed E-state index contributed by atoms with van der Waals surface area (Å²) in [5.41, 5.74) is 2.40. The topological polar surface area (TPSA) is 58.2 Å². The number of para-hydroxylation sites is 1. The molecule has 0 fully saturated rings. The first kappa shape index (κ1) is 21.6. The molecule has 3 aromatic rings. The number of rotatable bonds is 8. The van der Waals surface area contributed by atoms with Crippen molar-refractivity contribution in [2.75, 3.05) is 11.1 Å². The van der Waals surface area contributed by atoms with Crippen molar-refractivity contribution in [1.82, 2.24) is 5.32 Å². The highest BCUT2D eigenvalue weighted by molar-refractivity contribution is 7.99. The van der Waals surface area contributed by atoms with Crippen LogP contribution in [-0.4, -0.2) is 17.6 Å². The van der Waals surface area contributed by atoms with Gasteiger partial charge in [0.25, 0.3) is 5.91 Å². The van der Waals surface area contributed by atoms with Crippen LogP contribution >= 0.6 is 11.8 Å². The zero-order valence-corrected chi connectivity index (χ0v) is 17.4. The standard InChI is InChI=1S/C24H23FN2O2S/c1-17(18-9-3-2-4-10-18)26-24(29)20-12-6-8-14-22(20)27-23(28)16-30-15-19-11-5-7-13-21(19)25/h2-14,17H,15-16H2,1H3,(H,26,29)(H,27,28)/t17-/m0/s1. The van der Waals surface area contributed by atoms with E-state index in [0.717, 1.165) is 5.56 Å². The van der Waals surface area contributed by atoms with E-state index in [9.17, 15) is 14.0 Å². The van der Waals surface area contributed by atoms with Gasteiger partial charge in [-0.15, -0.1) is 11.8 Å². The van der Waals surface area contributed by atoms with E-state index in [0.29, 0.717) is 22.6 Å². The lowest BCUT2D eigenvalue weighted by Gasteiger charge is -2.16. The molecule has 0 spiro atoms. The molecule has 6 heteroatoms. The molecular weight excluding hydrogens is 399 g/mol. The minimum atomic E-state index is -0.278. The molecule has 30 heavy (non-hydrogen) atoms. The monoisotopic (exact) mass is 422 g/mol. The number of hydrogen-bond acceptors (Lipinski definition) is 3. The second kappa shape index (κ2) is 10.6. The maximum absolute atomic E-state index is 13.7. The summed E-state index contributed by atoms with van der Waals surface area (Å²) in [6.45, 7) is 1.91. The molecule has 0 aliphatic carbocycles. The van der Waals surface area contributed by atoms with Gasteiger partial charge in [0.1, 0.15) is 5.82 Å². The first-order valence-corrected chi connectivity index (χ1v) is 10.8. The lowest BCUT2D eigenvalue weighted by molar-refractivity contribution is -0.113. The molecule has 0 radical (unpaired) electrons. The van der Waals surface area contributed by atoms with Gasteiger partial charge in [0.05, 0.1) is 23.0 Å². The largest absolute Gasteiger partial charge is 0.345 e. The zero-order valence-electron chi connectivity index (χ0n) is 16.6. The van der Waals surface area contributed by atoms with Gasteiger partial charge in [-0.25, -0.2) is 4.39 Å². The van der Waals surface area contributed by atoms with Crippen LogP contribution in [0.5, 0.6) is 0 Å². The Hall–Kier alpha value is -3.12. The third kappa shape index (κ3) is 5.94. The van der Waals surface area contributed by atoms with E-state index in [1.807, 2.05) is 37.3 Å². The normalized spacial score (nSPS) is 11.5. The van der Waals surface area contributed by atoms with Crippen molar-refractivity contribution in [2.45, 2.75) is 18.7 Å². The van der Waals surface area contributed by atoms with Crippen molar-refractivity contribution in [1.29, 1.82) is 0 Å². The van der Waals surface area contributed by atoms with E-state index >= 15 is 0 Å². The number of amides is 2. The van der Waals surface area contributed by atoms with Gasteiger partial charge in [0, 0.05) is 5.75 Å². The van der Waals surface area contributed by atoms with Crippen LogP contribution < -0.4 is 10.6 Å². The molecule has 0 aromatic heterocycles. The van der Waals surface area contributed by atoms with E-state index < -0.39 is 0 Å². The van der Waals surface area contributed by atoms with Crippen molar-refractivity contribution in [3.8, 4) is 0 Å². The average molecular weight is 423 g/mol. The Morgan fingerprint density at radius 2 is 1.60 bits per heavy atom. The molecule has 0 saturated heterocycles. The number of halogens is 1. The number of benzene rings is 3. The van der Waals surface area contributed by atoms with Crippen LogP contribution in [0.2, 0.25) is 0 Å². The van der Waals surface area contributed by atoms with E-state index in [1.165, 1.54) is 17.8 Å². The molecule has 0 heterocycles. The van der Waals surface area contributed by atoms with Crippen molar-refractivity contribution >= 4 is 29.3 Å². The fraction of sp³-hybridized carbons (Fsp3) is 0.167. The Labute approximate surface area is 179 Å². The summed E-state index contributed by atoms with van der Waals surface area (Å²) in [6.07, 6.45) is 0. The van der Waals surface area contributed by atoms with Gasteiger partial charge in [-0.2, -0.15) is 0 Å². The summed E-state index contributed by atoms with van der Waals surface area (Å²) < 4.78 is 13.7. The fourth-order valence-corrected chi connectivity index (χ4v) is 3.76. The maximum Gasteiger partial charge on any atom is 0.253 e. The molecule has 2 N–H and O–H groups in total. The molecule has 0 saturated carbocycles. The molecule has 4 nitrogen and oxygen atoms in total. The highest BCUT2D eigenvalue weighted by Gasteiger charge is 2.16. The minimum Gasteiger partial charge on any atom is -0.345 e. The van der Waals surface area contributed by atoms with Gasteiger partial charge in [0.2, 0.25) is 5.91 Å². The number of carbonyl (C=O) groups excluding carboxylic acids is 2. The van der Waals surface area contributed by atoms with E-state index in [1.54, 1.807) is 42.5 Å². The van der Waals surface area contributed by atoms with E-state index in [4.69, 9.17) is 0 Å². The molecular formula is C24H23FN2O2S. The lowest BCUT2D eigenvalue weighted by Crippen LogP contribution is -2.28. The molecule has 0 aliphatic heterocycles. The van der Waals surface area contributed by atoms with E-state index in [-0.39, 0.29) is 29.4 Å². The predicted octanol–water partition coefficient (Wildman–Crippen LogP) is 5.19. The van der Waals surface area contributed by atoms with Crippen molar-refractivity contribution in [3.63, 3.8) is 0 Å². The van der Waals surface area contributed by atoms with Gasteiger partial charge in [-0.1, -0.05) is 60.7 Å². The van der Waals surface area contributed by atoms with Gasteiger partial charge in [0.15, 0.2) is 0 Å². The van der Waals surface area contributed by atoms with Crippen molar-refractivity contribution in [2.24, 2.45) is 0 Å². The first-order valence-electron chi connectivity index (χ1n) is 9.60. The number of nitrogens with one attached hydrogen (secondary N) is 2. The highest BCUT2D eigenvalue weighted by Crippen LogP contribution is 2.19. The van der Waals surface area contributed by atoms with Crippen LogP contribution in [0.15, 0.2) is 78.9 Å². The second-order valence-corrected chi connectivity index (χ2v) is 7.77. The number of hydrogen-bond donors (Lipinski definition) is 2. The van der Waals surface area contributed by atoms with Gasteiger partial charge < -0.3 is 10.6 Å². The van der Waals surface area contributed by atoms with Crippen LogP contribution in [0.3, 0.4) is 0 Å². The van der Waals surface area contributed by atoms with Crippen LogP contribution in [0.4, 0.5) is 10.1 Å². The predicted molar refractivity (Wildman–Crippen MR) is 120 cm³/mol. The molecule has 0 aliphatic rings. The quantitative estimate of drug-likeness (QED) is 0.525. The lowest BCUT2D eigenvalue weighted by atomic mass is 10.1. The second-order valence-electron chi connectivity index (χ2n) is 6.78. The minimum absolute atomic E-state index is 0.157. The summed E-state index contributed by atoms with van der Waals surface area (Å²) in [6, 6.07) is 22.9. The number of carbonyl (C=O) groups is 2. The SMILES string of the molecule is C[C@H](NC(=O)c1ccccc1NC(=O)CSCc1ccccc1F)c1ccccc1. The summed E-state index contributed by atoms with van der Waals surface area (Å²) in [7, 11) is 0. The summed E-state index contributed by atoms with van der Waals surface area (Å²) in [4.78, 5) is 25.1. The summed E-state index contributed by atoms with van der Waals surface area (Å²) in [5.74, 6) is -0.226. The molecule has 3 aromatic carbocycles. The van der Waals surface area contributed by atoms with Crippen molar-refractivity contribution in [3.05, 3.63) is 101 Å². The Bertz CT molecular complexity index is 1010. The third-order valence-corrected chi connectivity index (χ3v) is 5.52. The molecule has 154 valence electrons. The summed E-state index contributed by atoms with van der Waals surface area (Å²) >= 11 is 1.32. The Kier molecular flexibility index (Phi) is 7.63. The smallest absolute Gasteiger partial charge is 0.253 e. The van der Waals surface area contributed by atoms with Crippen LogP contribution in [0.25, 0.3) is 0 Å². The Balaban J connectivity index is 1.58. The molecule has 3 rings (SSSR count). The first-order chi connectivity index (χ1) is 14.5. The van der Waals surface area contributed by atoms with Crippen LogP contribution in [0, 0.1) is 5.82 Å². The maximum atomic E-state index is 13.7. The zero-order chi connectivity index (χ0) is 21.3. The van der Waals surface area contributed by atoms with Gasteiger partial charge in [-0.3, -0.25) is 9.59 Å². The Morgan fingerprint density at radius 1 is 0.933 bits per heavy atom. The van der Waals surface area contributed by atoms with Gasteiger partial charge in [-0.05, 0) is 36.2 Å². The molecule has 1 atom stereocenters. The Morgan fingerprint density at radius 3 is 2.37 bits per heavy atom. The molecule has 2 amide bonds. The average Bonchev–Trinajstić information content (AvgIpc) is 2.76. The van der Waals surface area contributed by atoms with Crippen LogP contribution in [-0.2, 0) is 10.5 Å². The van der Waals surface area contributed by atoms with Gasteiger partial charge >= 0.3 is 0 Å². The van der Waals surface area contributed by atoms with Crippen LogP contribution in [0.1, 0.15) is 34.5 Å². The number of thioether (sulfide) groups is 1. The molecule has 0 bridgehead atoms. The fourth-order valence-electron chi connectivity index (χ4n) is 2.94. The van der Waals surface area contributed by atoms with Crippen molar-refractivity contribution < 1.29 is 14.0 Å². The summed E-state index contributed by atoms with van der Waals surface area (Å²) in [5, 5.41) is 5.75.